The van der Waals surface area contributed by atoms with Crippen LogP contribution in [-0.2, 0) is 6.54 Å². The largest absolute Gasteiger partial charge is 0.316 e. The summed E-state index contributed by atoms with van der Waals surface area (Å²) in [5, 5.41) is 10.3. The lowest BCUT2D eigenvalue weighted by atomic mass is 9.76. The first-order chi connectivity index (χ1) is 7.73. The lowest BCUT2D eigenvalue weighted by Gasteiger charge is -2.32. The fourth-order valence-electron chi connectivity index (χ4n) is 2.37. The van der Waals surface area contributed by atoms with Crippen LogP contribution in [0.5, 0.6) is 0 Å². The Morgan fingerprint density at radius 1 is 1.62 bits per heavy atom. The summed E-state index contributed by atoms with van der Waals surface area (Å²) in [6.07, 6.45) is 3.16. The van der Waals surface area contributed by atoms with Crippen molar-refractivity contribution < 1.29 is 0 Å². The van der Waals surface area contributed by atoms with Crippen LogP contribution in [0.1, 0.15) is 25.3 Å². The SMILES string of the molecule is CC(C)C1(CNCc2nccs2)CCNC1. The van der Waals surface area contributed by atoms with Crippen molar-refractivity contribution in [2.45, 2.75) is 26.8 Å². The number of hydrogen-bond acceptors (Lipinski definition) is 4. The molecule has 1 aromatic rings. The first-order valence-corrected chi connectivity index (χ1v) is 6.91. The molecule has 90 valence electrons. The highest BCUT2D eigenvalue weighted by Gasteiger charge is 2.36. The van der Waals surface area contributed by atoms with Gasteiger partial charge in [0.2, 0.25) is 0 Å². The second kappa shape index (κ2) is 5.25. The van der Waals surface area contributed by atoms with Crippen LogP contribution in [0.15, 0.2) is 11.6 Å². The molecule has 3 nitrogen and oxygen atoms in total. The summed E-state index contributed by atoms with van der Waals surface area (Å²) >= 11 is 1.72. The van der Waals surface area contributed by atoms with Crippen molar-refractivity contribution in [3.63, 3.8) is 0 Å². The minimum absolute atomic E-state index is 0.442. The van der Waals surface area contributed by atoms with Gasteiger partial charge in [-0.1, -0.05) is 13.8 Å². The summed E-state index contributed by atoms with van der Waals surface area (Å²) < 4.78 is 0. The van der Waals surface area contributed by atoms with E-state index in [1.165, 1.54) is 11.4 Å². The van der Waals surface area contributed by atoms with Crippen LogP contribution in [0.25, 0.3) is 0 Å². The quantitative estimate of drug-likeness (QED) is 0.823. The van der Waals surface area contributed by atoms with E-state index < -0.39 is 0 Å². The van der Waals surface area contributed by atoms with Crippen LogP contribution in [0.4, 0.5) is 0 Å². The van der Waals surface area contributed by atoms with E-state index in [2.05, 4.69) is 29.5 Å². The number of hydrogen-bond donors (Lipinski definition) is 2. The van der Waals surface area contributed by atoms with Gasteiger partial charge >= 0.3 is 0 Å². The average molecular weight is 239 g/mol. The number of thiazole rings is 1. The summed E-state index contributed by atoms with van der Waals surface area (Å²) in [6.45, 7) is 8.98. The smallest absolute Gasteiger partial charge is 0.106 e. The molecular formula is C12H21N3S. The van der Waals surface area contributed by atoms with E-state index in [1.54, 1.807) is 11.3 Å². The molecule has 0 aliphatic carbocycles. The maximum Gasteiger partial charge on any atom is 0.106 e. The van der Waals surface area contributed by atoms with Crippen LogP contribution in [0.2, 0.25) is 0 Å². The second-order valence-electron chi connectivity index (χ2n) is 4.97. The Balaban J connectivity index is 1.83. The summed E-state index contributed by atoms with van der Waals surface area (Å²) in [6, 6.07) is 0. The molecule has 1 unspecified atom stereocenters. The van der Waals surface area contributed by atoms with Crippen LogP contribution in [-0.4, -0.2) is 24.6 Å². The van der Waals surface area contributed by atoms with Crippen molar-refractivity contribution >= 4 is 11.3 Å². The third kappa shape index (κ3) is 2.62. The van der Waals surface area contributed by atoms with Crippen LogP contribution < -0.4 is 10.6 Å². The van der Waals surface area contributed by atoms with Gasteiger partial charge in [-0.25, -0.2) is 4.98 Å². The topological polar surface area (TPSA) is 37.0 Å². The molecular weight excluding hydrogens is 218 g/mol. The standard InChI is InChI=1S/C12H21N3S/c1-10(2)12(3-4-13-8-12)9-14-7-11-15-5-6-16-11/h5-6,10,13-14H,3-4,7-9H2,1-2H3. The lowest BCUT2D eigenvalue weighted by molar-refractivity contribution is 0.208. The van der Waals surface area contributed by atoms with E-state index in [1.807, 2.05) is 11.6 Å². The zero-order valence-electron chi connectivity index (χ0n) is 10.1. The Kier molecular flexibility index (Phi) is 3.95. The van der Waals surface area contributed by atoms with E-state index in [4.69, 9.17) is 0 Å². The first-order valence-electron chi connectivity index (χ1n) is 6.03. The highest BCUT2D eigenvalue weighted by molar-refractivity contribution is 7.09. The number of nitrogens with zero attached hydrogens (tertiary/aromatic N) is 1. The zero-order chi connectivity index (χ0) is 11.4. The molecule has 0 spiro atoms. The predicted octanol–water partition coefficient (Wildman–Crippen LogP) is 1.87. The Bertz CT molecular complexity index is 302. The number of aromatic nitrogens is 1. The van der Waals surface area contributed by atoms with Gasteiger partial charge in [0.1, 0.15) is 5.01 Å². The van der Waals surface area contributed by atoms with Gasteiger partial charge in [0, 0.05) is 31.2 Å². The first kappa shape index (κ1) is 12.0. The second-order valence-corrected chi connectivity index (χ2v) is 5.95. The van der Waals surface area contributed by atoms with E-state index in [0.29, 0.717) is 5.41 Å². The molecule has 1 atom stereocenters. The summed E-state index contributed by atoms with van der Waals surface area (Å²) in [5.74, 6) is 0.728. The third-order valence-corrected chi connectivity index (χ3v) is 4.52. The molecule has 0 saturated carbocycles. The van der Waals surface area contributed by atoms with Crippen molar-refractivity contribution in [3.8, 4) is 0 Å². The molecule has 0 radical (unpaired) electrons. The van der Waals surface area contributed by atoms with Crippen molar-refractivity contribution in [1.82, 2.24) is 15.6 Å². The molecule has 1 aliphatic rings. The van der Waals surface area contributed by atoms with E-state index >= 15 is 0 Å². The van der Waals surface area contributed by atoms with Gasteiger partial charge in [-0.05, 0) is 24.3 Å². The van der Waals surface area contributed by atoms with E-state index in [0.717, 1.165) is 32.1 Å². The van der Waals surface area contributed by atoms with Crippen LogP contribution in [0.3, 0.4) is 0 Å². The Morgan fingerprint density at radius 3 is 3.06 bits per heavy atom. The molecule has 16 heavy (non-hydrogen) atoms. The minimum Gasteiger partial charge on any atom is -0.316 e. The normalized spacial score (nSPS) is 25.4. The maximum absolute atomic E-state index is 4.29. The molecule has 2 heterocycles. The van der Waals surface area contributed by atoms with Gasteiger partial charge in [0.25, 0.3) is 0 Å². The van der Waals surface area contributed by atoms with Crippen molar-refractivity contribution in [2.75, 3.05) is 19.6 Å². The highest BCUT2D eigenvalue weighted by Crippen LogP contribution is 2.33. The summed E-state index contributed by atoms with van der Waals surface area (Å²) in [4.78, 5) is 4.29. The summed E-state index contributed by atoms with van der Waals surface area (Å²) in [5.41, 5.74) is 0.442. The molecule has 2 rings (SSSR count). The predicted molar refractivity (Wildman–Crippen MR) is 68.6 cm³/mol. The van der Waals surface area contributed by atoms with Gasteiger partial charge < -0.3 is 10.6 Å². The molecule has 0 amide bonds. The lowest BCUT2D eigenvalue weighted by Crippen LogP contribution is -2.40. The highest BCUT2D eigenvalue weighted by atomic mass is 32.1. The monoisotopic (exact) mass is 239 g/mol. The van der Waals surface area contributed by atoms with Gasteiger partial charge in [-0.15, -0.1) is 11.3 Å². The molecule has 1 fully saturated rings. The fraction of sp³-hybridized carbons (Fsp3) is 0.750. The third-order valence-electron chi connectivity index (χ3n) is 3.74. The molecule has 0 aromatic carbocycles. The number of rotatable bonds is 5. The average Bonchev–Trinajstić information content (AvgIpc) is 2.88. The fourth-order valence-corrected chi connectivity index (χ4v) is 2.96. The van der Waals surface area contributed by atoms with E-state index in [-0.39, 0.29) is 0 Å². The van der Waals surface area contributed by atoms with Gasteiger partial charge in [0.05, 0.1) is 0 Å². The van der Waals surface area contributed by atoms with Crippen LogP contribution in [0, 0.1) is 11.3 Å². The van der Waals surface area contributed by atoms with Crippen molar-refractivity contribution in [3.05, 3.63) is 16.6 Å². The van der Waals surface area contributed by atoms with Gasteiger partial charge in [-0.2, -0.15) is 0 Å². The number of nitrogens with one attached hydrogen (secondary N) is 2. The Hall–Kier alpha value is -0.450. The molecule has 2 N–H and O–H groups in total. The molecule has 1 saturated heterocycles. The minimum atomic E-state index is 0.442. The Morgan fingerprint density at radius 2 is 2.50 bits per heavy atom. The molecule has 4 heteroatoms. The molecule has 1 aliphatic heterocycles. The Labute approximate surface area is 102 Å². The van der Waals surface area contributed by atoms with Crippen molar-refractivity contribution in [2.24, 2.45) is 11.3 Å². The maximum atomic E-state index is 4.29. The van der Waals surface area contributed by atoms with Crippen LogP contribution >= 0.6 is 11.3 Å². The molecule has 0 bridgehead atoms. The zero-order valence-corrected chi connectivity index (χ0v) is 10.9. The van der Waals surface area contributed by atoms with Gasteiger partial charge in [0.15, 0.2) is 0 Å². The van der Waals surface area contributed by atoms with Crippen molar-refractivity contribution in [1.29, 1.82) is 0 Å². The molecule has 1 aromatic heterocycles. The van der Waals surface area contributed by atoms with Gasteiger partial charge in [-0.3, -0.25) is 0 Å². The summed E-state index contributed by atoms with van der Waals surface area (Å²) in [7, 11) is 0. The van der Waals surface area contributed by atoms with E-state index in [9.17, 15) is 0 Å².